The predicted octanol–water partition coefficient (Wildman–Crippen LogP) is 3.23. The fourth-order valence-corrected chi connectivity index (χ4v) is 2.20. The van der Waals surface area contributed by atoms with Gasteiger partial charge in [0.25, 0.3) is 0 Å². The quantitative estimate of drug-likeness (QED) is 0.793. The molecule has 0 saturated heterocycles. The molecule has 0 fully saturated rings. The molecular formula is C16H15NO3. The zero-order valence-corrected chi connectivity index (χ0v) is 11.3. The lowest BCUT2D eigenvalue weighted by Gasteiger charge is -2.08. The van der Waals surface area contributed by atoms with Gasteiger partial charge in [-0.05, 0) is 24.6 Å². The number of para-hydroxylation sites is 1. The van der Waals surface area contributed by atoms with Crippen LogP contribution in [0.2, 0.25) is 0 Å². The van der Waals surface area contributed by atoms with Crippen molar-refractivity contribution >= 4 is 11.0 Å². The first-order valence-corrected chi connectivity index (χ1v) is 6.36. The Kier molecular flexibility index (Phi) is 3.16. The highest BCUT2D eigenvalue weighted by Gasteiger charge is 2.16. The van der Waals surface area contributed by atoms with Crippen LogP contribution in [-0.4, -0.2) is 17.2 Å². The van der Waals surface area contributed by atoms with Gasteiger partial charge < -0.3 is 14.3 Å². The standard InChI is InChI=1S/C16H15NO3/c1-10-4-3-5-11-8-13(20-16(10)11)15(18)12-6-7-14(19-2)17-9-12/h3-9,15,18H,1-2H3. The van der Waals surface area contributed by atoms with Crippen LogP contribution in [-0.2, 0) is 0 Å². The average Bonchev–Trinajstić information content (AvgIpc) is 2.92. The Hall–Kier alpha value is -2.33. The molecule has 3 rings (SSSR count). The van der Waals surface area contributed by atoms with Gasteiger partial charge in [0.2, 0.25) is 5.88 Å². The molecule has 2 heterocycles. The molecule has 20 heavy (non-hydrogen) atoms. The lowest BCUT2D eigenvalue weighted by Crippen LogP contribution is -1.99. The van der Waals surface area contributed by atoms with Gasteiger partial charge in [0.15, 0.2) is 0 Å². The number of fused-ring (bicyclic) bond motifs is 1. The Morgan fingerprint density at radius 2 is 2.10 bits per heavy atom. The molecule has 4 nitrogen and oxygen atoms in total. The van der Waals surface area contributed by atoms with E-state index in [0.717, 1.165) is 16.5 Å². The van der Waals surface area contributed by atoms with E-state index in [4.69, 9.17) is 9.15 Å². The van der Waals surface area contributed by atoms with Crippen LogP contribution in [0, 0.1) is 6.92 Å². The second-order valence-electron chi connectivity index (χ2n) is 4.68. The molecule has 1 unspecified atom stereocenters. The molecule has 0 radical (unpaired) electrons. The van der Waals surface area contributed by atoms with Crippen LogP contribution in [0.1, 0.15) is 23.0 Å². The van der Waals surface area contributed by atoms with Gasteiger partial charge in [-0.3, -0.25) is 0 Å². The van der Waals surface area contributed by atoms with Crippen molar-refractivity contribution in [1.82, 2.24) is 4.98 Å². The van der Waals surface area contributed by atoms with E-state index in [1.807, 2.05) is 31.2 Å². The average molecular weight is 269 g/mol. The third-order valence-electron chi connectivity index (χ3n) is 3.31. The third-order valence-corrected chi connectivity index (χ3v) is 3.31. The number of pyridine rings is 1. The molecule has 0 aliphatic carbocycles. The van der Waals surface area contributed by atoms with Crippen LogP contribution in [0.25, 0.3) is 11.0 Å². The van der Waals surface area contributed by atoms with Crippen LogP contribution in [0.3, 0.4) is 0 Å². The van der Waals surface area contributed by atoms with Gasteiger partial charge >= 0.3 is 0 Å². The molecule has 0 aliphatic rings. The van der Waals surface area contributed by atoms with Crippen LogP contribution < -0.4 is 4.74 Å². The topological polar surface area (TPSA) is 55.5 Å². The van der Waals surface area contributed by atoms with E-state index in [9.17, 15) is 5.11 Å². The molecule has 3 aromatic rings. The zero-order chi connectivity index (χ0) is 14.1. The fraction of sp³-hybridized carbons (Fsp3) is 0.188. The number of aromatic nitrogens is 1. The van der Waals surface area contributed by atoms with Crippen molar-refractivity contribution in [3.63, 3.8) is 0 Å². The lowest BCUT2D eigenvalue weighted by atomic mass is 10.1. The molecular weight excluding hydrogens is 254 g/mol. The summed E-state index contributed by atoms with van der Waals surface area (Å²) in [6, 6.07) is 11.3. The molecule has 2 aromatic heterocycles. The highest BCUT2D eigenvalue weighted by atomic mass is 16.5. The minimum Gasteiger partial charge on any atom is -0.481 e. The second kappa shape index (κ2) is 4.98. The molecule has 0 aliphatic heterocycles. The maximum Gasteiger partial charge on any atom is 0.212 e. The summed E-state index contributed by atoms with van der Waals surface area (Å²) < 4.78 is 10.8. The van der Waals surface area contributed by atoms with Crippen molar-refractivity contribution < 1.29 is 14.3 Å². The summed E-state index contributed by atoms with van der Waals surface area (Å²) in [5, 5.41) is 11.4. The second-order valence-corrected chi connectivity index (χ2v) is 4.68. The molecule has 1 aromatic carbocycles. The van der Waals surface area contributed by atoms with Crippen LogP contribution >= 0.6 is 0 Å². The summed E-state index contributed by atoms with van der Waals surface area (Å²) in [7, 11) is 1.56. The number of furan rings is 1. The first-order chi connectivity index (χ1) is 9.69. The number of benzene rings is 1. The summed E-state index contributed by atoms with van der Waals surface area (Å²) in [6.45, 7) is 1.98. The normalized spacial score (nSPS) is 12.6. The lowest BCUT2D eigenvalue weighted by molar-refractivity contribution is 0.191. The summed E-state index contributed by atoms with van der Waals surface area (Å²) in [6.07, 6.45) is 0.754. The maximum absolute atomic E-state index is 10.4. The smallest absolute Gasteiger partial charge is 0.212 e. The number of rotatable bonds is 3. The van der Waals surface area contributed by atoms with Crippen LogP contribution in [0.4, 0.5) is 0 Å². The Morgan fingerprint density at radius 1 is 1.25 bits per heavy atom. The Labute approximate surface area is 116 Å². The van der Waals surface area contributed by atoms with Gasteiger partial charge in [-0.15, -0.1) is 0 Å². The van der Waals surface area contributed by atoms with Gasteiger partial charge in [0.05, 0.1) is 7.11 Å². The highest BCUT2D eigenvalue weighted by Crippen LogP contribution is 2.29. The van der Waals surface area contributed by atoms with Crippen molar-refractivity contribution in [1.29, 1.82) is 0 Å². The summed E-state index contributed by atoms with van der Waals surface area (Å²) >= 11 is 0. The monoisotopic (exact) mass is 269 g/mol. The minimum atomic E-state index is -0.833. The number of nitrogens with zero attached hydrogens (tertiary/aromatic N) is 1. The number of ether oxygens (including phenoxy) is 1. The van der Waals surface area contributed by atoms with Crippen molar-refractivity contribution in [2.45, 2.75) is 13.0 Å². The van der Waals surface area contributed by atoms with Crippen molar-refractivity contribution in [3.05, 3.63) is 59.5 Å². The van der Waals surface area contributed by atoms with Gasteiger partial charge in [-0.25, -0.2) is 4.98 Å². The van der Waals surface area contributed by atoms with Gasteiger partial charge in [-0.2, -0.15) is 0 Å². The van der Waals surface area contributed by atoms with E-state index in [1.165, 1.54) is 0 Å². The van der Waals surface area contributed by atoms with E-state index in [2.05, 4.69) is 4.98 Å². The Morgan fingerprint density at radius 3 is 2.75 bits per heavy atom. The van der Waals surface area contributed by atoms with E-state index in [-0.39, 0.29) is 0 Å². The Balaban J connectivity index is 1.98. The zero-order valence-electron chi connectivity index (χ0n) is 11.3. The molecule has 4 heteroatoms. The fourth-order valence-electron chi connectivity index (χ4n) is 2.20. The number of hydrogen-bond donors (Lipinski definition) is 1. The molecule has 1 N–H and O–H groups in total. The molecule has 1 atom stereocenters. The number of aryl methyl sites for hydroxylation is 1. The number of aliphatic hydroxyl groups excluding tert-OH is 1. The molecule has 0 bridgehead atoms. The Bertz CT molecular complexity index is 731. The van der Waals surface area contributed by atoms with Gasteiger partial charge in [0, 0.05) is 23.2 Å². The van der Waals surface area contributed by atoms with E-state index in [0.29, 0.717) is 17.2 Å². The van der Waals surface area contributed by atoms with Crippen molar-refractivity contribution in [2.75, 3.05) is 7.11 Å². The van der Waals surface area contributed by atoms with Crippen molar-refractivity contribution in [2.24, 2.45) is 0 Å². The number of aliphatic hydroxyl groups is 1. The predicted molar refractivity (Wildman–Crippen MR) is 75.8 cm³/mol. The van der Waals surface area contributed by atoms with E-state index < -0.39 is 6.10 Å². The molecule has 0 spiro atoms. The highest BCUT2D eigenvalue weighted by molar-refractivity contribution is 5.81. The minimum absolute atomic E-state index is 0.515. The third kappa shape index (κ3) is 2.14. The summed E-state index contributed by atoms with van der Waals surface area (Å²) in [5.74, 6) is 1.03. The molecule has 0 saturated carbocycles. The number of methoxy groups -OCH3 is 1. The van der Waals surface area contributed by atoms with Gasteiger partial charge in [0.1, 0.15) is 17.4 Å². The first-order valence-electron chi connectivity index (χ1n) is 6.36. The van der Waals surface area contributed by atoms with Crippen LogP contribution in [0.5, 0.6) is 5.88 Å². The van der Waals surface area contributed by atoms with E-state index >= 15 is 0 Å². The number of hydrogen-bond acceptors (Lipinski definition) is 4. The molecule has 102 valence electrons. The van der Waals surface area contributed by atoms with Gasteiger partial charge in [-0.1, -0.05) is 18.2 Å². The summed E-state index contributed by atoms with van der Waals surface area (Å²) in [4.78, 5) is 4.09. The SMILES string of the molecule is COc1ccc(C(O)c2cc3cccc(C)c3o2)cn1. The first kappa shape index (κ1) is 12.7. The van der Waals surface area contributed by atoms with Crippen LogP contribution in [0.15, 0.2) is 47.0 Å². The molecule has 0 amide bonds. The van der Waals surface area contributed by atoms with Crippen molar-refractivity contribution in [3.8, 4) is 5.88 Å². The summed E-state index contributed by atoms with van der Waals surface area (Å²) in [5.41, 5.74) is 2.53. The largest absolute Gasteiger partial charge is 0.481 e. The van der Waals surface area contributed by atoms with E-state index in [1.54, 1.807) is 25.4 Å². The maximum atomic E-state index is 10.4.